The van der Waals surface area contributed by atoms with Gasteiger partial charge in [-0.05, 0) is 31.9 Å². The summed E-state index contributed by atoms with van der Waals surface area (Å²) in [6, 6.07) is 9.04. The second kappa shape index (κ2) is 9.08. The van der Waals surface area contributed by atoms with Gasteiger partial charge in [0.2, 0.25) is 0 Å². The van der Waals surface area contributed by atoms with Crippen LogP contribution in [0.5, 0.6) is 0 Å². The molecule has 1 fully saturated rings. The highest BCUT2D eigenvalue weighted by atomic mass is 35.5. The summed E-state index contributed by atoms with van der Waals surface area (Å²) in [4.78, 5) is 10.3. The monoisotopic (exact) mass is 476 g/mol. The molecule has 9 heteroatoms. The van der Waals surface area contributed by atoms with E-state index in [0.29, 0.717) is 30.3 Å². The van der Waals surface area contributed by atoms with E-state index in [9.17, 15) is 13.2 Å². The lowest BCUT2D eigenvalue weighted by molar-refractivity contribution is -0.143. The molecule has 2 radical (unpaired) electrons. The highest BCUT2D eigenvalue weighted by molar-refractivity contribution is 6.30. The Balaban J connectivity index is 1.90. The molecule has 1 aliphatic rings. The summed E-state index contributed by atoms with van der Waals surface area (Å²) in [5.41, 5.74) is 0.182. The highest BCUT2D eigenvalue weighted by Crippen LogP contribution is 2.41. The van der Waals surface area contributed by atoms with Gasteiger partial charge >= 0.3 is 6.18 Å². The van der Waals surface area contributed by atoms with Crippen LogP contribution in [0.25, 0.3) is 11.4 Å². The zero-order valence-corrected chi connectivity index (χ0v) is 19.3. The summed E-state index contributed by atoms with van der Waals surface area (Å²) in [6.45, 7) is 10.1. The standard InChI is InChI=1S/C24H24ClF3N4O/c1-16-20(22-29-11-18(25)12-30-22)19(14-31-9-10-33-23(2,3)15-31)32(21(16)24(26,27)28)13-17-7-5-4-6-8-17/h4-8,11-12H,9-10,13,15H2,1-3H3. The van der Waals surface area contributed by atoms with Crippen LogP contribution in [-0.2, 0) is 17.5 Å². The lowest BCUT2D eigenvalue weighted by Gasteiger charge is -2.37. The number of rotatable bonds is 5. The normalized spacial score (nSPS) is 16.8. The van der Waals surface area contributed by atoms with E-state index >= 15 is 0 Å². The molecule has 0 unspecified atom stereocenters. The molecule has 2 aromatic heterocycles. The Hall–Kier alpha value is -2.42. The van der Waals surface area contributed by atoms with Crippen molar-refractivity contribution in [1.29, 1.82) is 0 Å². The molecule has 0 spiro atoms. The van der Waals surface area contributed by atoms with Crippen molar-refractivity contribution in [3.05, 3.63) is 76.8 Å². The highest BCUT2D eigenvalue weighted by Gasteiger charge is 2.41. The van der Waals surface area contributed by atoms with Crippen LogP contribution in [0, 0.1) is 13.5 Å². The molecule has 1 aliphatic heterocycles. The molecule has 33 heavy (non-hydrogen) atoms. The number of hydrogen-bond donors (Lipinski definition) is 0. The van der Waals surface area contributed by atoms with E-state index in [-0.39, 0.29) is 23.6 Å². The third-order valence-corrected chi connectivity index (χ3v) is 5.69. The van der Waals surface area contributed by atoms with Gasteiger partial charge in [-0.15, -0.1) is 0 Å². The summed E-state index contributed by atoms with van der Waals surface area (Å²) in [6.07, 6.45) is -1.82. The smallest absolute Gasteiger partial charge is 0.373 e. The van der Waals surface area contributed by atoms with Gasteiger partial charge in [-0.3, -0.25) is 4.90 Å². The molecular formula is C24H24ClF3N4O. The largest absolute Gasteiger partial charge is 0.431 e. The Labute approximate surface area is 196 Å². The van der Waals surface area contributed by atoms with E-state index in [1.54, 1.807) is 24.3 Å². The number of alkyl halides is 3. The number of morpholine rings is 1. The molecule has 0 N–H and O–H groups in total. The van der Waals surface area contributed by atoms with Gasteiger partial charge in [0.1, 0.15) is 12.2 Å². The zero-order chi connectivity index (χ0) is 23.8. The average Bonchev–Trinajstić information content (AvgIpc) is 3.00. The topological polar surface area (TPSA) is 43.2 Å². The third kappa shape index (κ3) is 5.23. The SMILES string of the molecule is Cc1c(-c2ncc(Cl)cn2)c([C]N2CCOC(C)(C)C2)n(Cc2ccccc2)c1C(F)(F)F. The zero-order valence-electron chi connectivity index (χ0n) is 18.6. The molecule has 1 aromatic carbocycles. The summed E-state index contributed by atoms with van der Waals surface area (Å²) in [7, 11) is 0. The molecule has 3 aromatic rings. The summed E-state index contributed by atoms with van der Waals surface area (Å²) < 4.78 is 50.1. The van der Waals surface area contributed by atoms with Crippen LogP contribution >= 0.6 is 11.6 Å². The minimum atomic E-state index is -4.58. The van der Waals surface area contributed by atoms with E-state index in [0.717, 1.165) is 5.56 Å². The molecule has 0 saturated carbocycles. The second-order valence-electron chi connectivity index (χ2n) is 8.63. The van der Waals surface area contributed by atoms with Crippen molar-refractivity contribution in [3.63, 3.8) is 0 Å². The van der Waals surface area contributed by atoms with Crippen LogP contribution in [0.4, 0.5) is 13.2 Å². The van der Waals surface area contributed by atoms with Gasteiger partial charge in [0.15, 0.2) is 5.82 Å². The molecule has 1 saturated heterocycles. The van der Waals surface area contributed by atoms with Crippen molar-refractivity contribution < 1.29 is 17.9 Å². The fourth-order valence-electron chi connectivity index (χ4n) is 4.13. The third-order valence-electron chi connectivity index (χ3n) is 5.49. The fraction of sp³-hybridized carbons (Fsp3) is 0.375. The van der Waals surface area contributed by atoms with Crippen LogP contribution in [0.1, 0.15) is 36.4 Å². The van der Waals surface area contributed by atoms with E-state index in [2.05, 4.69) is 16.5 Å². The van der Waals surface area contributed by atoms with Gasteiger partial charge in [-0.1, -0.05) is 41.9 Å². The van der Waals surface area contributed by atoms with Crippen LogP contribution in [0.2, 0.25) is 5.02 Å². The molecule has 0 bridgehead atoms. The van der Waals surface area contributed by atoms with Gasteiger partial charge in [-0.25, -0.2) is 9.97 Å². The van der Waals surface area contributed by atoms with Crippen molar-refractivity contribution in [1.82, 2.24) is 19.4 Å². The van der Waals surface area contributed by atoms with Crippen LogP contribution in [0.15, 0.2) is 42.7 Å². The maximum absolute atomic E-state index is 14.3. The van der Waals surface area contributed by atoms with Crippen molar-refractivity contribution >= 4 is 11.6 Å². The van der Waals surface area contributed by atoms with Gasteiger partial charge in [-0.2, -0.15) is 13.2 Å². The van der Waals surface area contributed by atoms with Crippen molar-refractivity contribution in [3.8, 4) is 11.4 Å². The Bertz CT molecular complexity index is 1110. The van der Waals surface area contributed by atoms with Gasteiger partial charge in [0, 0.05) is 37.6 Å². The van der Waals surface area contributed by atoms with Crippen LogP contribution in [0.3, 0.4) is 0 Å². The van der Waals surface area contributed by atoms with E-state index < -0.39 is 17.5 Å². The van der Waals surface area contributed by atoms with Gasteiger partial charge < -0.3 is 9.30 Å². The van der Waals surface area contributed by atoms with Crippen LogP contribution in [-0.4, -0.2) is 44.7 Å². The van der Waals surface area contributed by atoms with Crippen molar-refractivity contribution in [2.45, 2.75) is 39.1 Å². The summed E-state index contributed by atoms with van der Waals surface area (Å²) >= 11 is 5.93. The van der Waals surface area contributed by atoms with E-state index in [1.165, 1.54) is 23.9 Å². The summed E-state index contributed by atoms with van der Waals surface area (Å²) in [5.74, 6) is 0.171. The molecule has 3 heterocycles. The number of hydrogen-bond acceptors (Lipinski definition) is 4. The second-order valence-corrected chi connectivity index (χ2v) is 9.07. The maximum Gasteiger partial charge on any atom is 0.431 e. The Morgan fingerprint density at radius 1 is 1.15 bits per heavy atom. The lowest BCUT2D eigenvalue weighted by atomic mass is 10.1. The van der Waals surface area contributed by atoms with Crippen molar-refractivity contribution in [2.75, 3.05) is 19.7 Å². The Morgan fingerprint density at radius 3 is 2.42 bits per heavy atom. The number of aromatic nitrogens is 3. The molecule has 174 valence electrons. The molecular weight excluding hydrogens is 453 g/mol. The van der Waals surface area contributed by atoms with Crippen molar-refractivity contribution in [2.24, 2.45) is 0 Å². The van der Waals surface area contributed by atoms with Crippen LogP contribution < -0.4 is 0 Å². The first kappa shape index (κ1) is 23.7. The van der Waals surface area contributed by atoms with E-state index in [4.69, 9.17) is 16.3 Å². The van der Waals surface area contributed by atoms with Gasteiger partial charge in [0.05, 0.1) is 22.9 Å². The Kier molecular flexibility index (Phi) is 6.53. The first-order valence-corrected chi connectivity index (χ1v) is 10.9. The number of ether oxygens (including phenoxy) is 1. The van der Waals surface area contributed by atoms with E-state index in [1.807, 2.05) is 24.8 Å². The quantitative estimate of drug-likeness (QED) is 0.489. The minimum Gasteiger partial charge on any atom is -0.373 e. The predicted octanol–water partition coefficient (Wildman–Crippen LogP) is 5.47. The number of benzene rings is 1. The fourth-order valence-corrected chi connectivity index (χ4v) is 4.23. The minimum absolute atomic E-state index is 0.0280. The predicted molar refractivity (Wildman–Crippen MR) is 120 cm³/mol. The number of nitrogens with zero attached hydrogens (tertiary/aromatic N) is 4. The number of halogens is 4. The molecule has 5 nitrogen and oxygen atoms in total. The maximum atomic E-state index is 14.3. The Morgan fingerprint density at radius 2 is 1.82 bits per heavy atom. The van der Waals surface area contributed by atoms with Gasteiger partial charge in [0.25, 0.3) is 0 Å². The summed E-state index contributed by atoms with van der Waals surface area (Å²) in [5, 5.41) is 0.306. The molecule has 0 aliphatic carbocycles. The average molecular weight is 477 g/mol. The molecule has 0 atom stereocenters. The molecule has 0 amide bonds. The lowest BCUT2D eigenvalue weighted by Crippen LogP contribution is -2.47. The molecule has 4 rings (SSSR count). The first-order valence-electron chi connectivity index (χ1n) is 10.5. The first-order chi connectivity index (χ1) is 15.5.